The molecule has 2 N–H and O–H groups in total. The van der Waals surface area contributed by atoms with Crippen molar-refractivity contribution in [1.29, 1.82) is 0 Å². The summed E-state index contributed by atoms with van der Waals surface area (Å²) < 4.78 is 11.7. The standard InChI is InChI=1S/C22H23N5O5S/c1-4-32-21(30)14-9-10-16-17(14)24-22(33-16)25-18(28)12-5-7-13(8-6-12)23-19(29)15-11-27(2)26-20(15)31-3/h5-8,11,14H,4,9-10H2,1-3H3,(H,23,29)(H,24,25,28)/t14-/m1/s1. The van der Waals surface area contributed by atoms with Crippen LogP contribution in [-0.2, 0) is 23.0 Å². The number of aryl methyl sites for hydroxylation is 2. The molecule has 0 fully saturated rings. The maximum absolute atomic E-state index is 12.6. The summed E-state index contributed by atoms with van der Waals surface area (Å²) in [5, 5.41) is 10.0. The largest absolute Gasteiger partial charge is 0.479 e. The number of nitrogens with zero attached hydrogens (tertiary/aromatic N) is 3. The van der Waals surface area contributed by atoms with Crippen LogP contribution in [0.4, 0.5) is 10.8 Å². The van der Waals surface area contributed by atoms with Crippen LogP contribution < -0.4 is 15.4 Å². The van der Waals surface area contributed by atoms with Gasteiger partial charge >= 0.3 is 5.97 Å². The van der Waals surface area contributed by atoms with Crippen molar-refractivity contribution >= 4 is 39.9 Å². The Bertz CT molecular complexity index is 1200. The number of aromatic nitrogens is 3. The monoisotopic (exact) mass is 469 g/mol. The lowest BCUT2D eigenvalue weighted by molar-refractivity contribution is -0.145. The normalized spacial score (nSPS) is 14.5. The van der Waals surface area contributed by atoms with Gasteiger partial charge in [0.1, 0.15) is 11.5 Å². The quantitative estimate of drug-likeness (QED) is 0.510. The van der Waals surface area contributed by atoms with Crippen LogP contribution >= 0.6 is 11.3 Å². The number of benzene rings is 1. The molecule has 0 unspecified atom stereocenters. The first-order chi connectivity index (χ1) is 15.9. The molecule has 0 radical (unpaired) electrons. The molecule has 3 aromatic rings. The van der Waals surface area contributed by atoms with Gasteiger partial charge in [-0.05, 0) is 44.0 Å². The van der Waals surface area contributed by atoms with E-state index in [0.29, 0.717) is 40.7 Å². The van der Waals surface area contributed by atoms with Gasteiger partial charge in [0.25, 0.3) is 11.8 Å². The maximum atomic E-state index is 12.6. The summed E-state index contributed by atoms with van der Waals surface area (Å²) in [6.45, 7) is 2.09. The minimum Gasteiger partial charge on any atom is -0.479 e. The molecule has 33 heavy (non-hydrogen) atoms. The molecule has 2 heterocycles. The Morgan fingerprint density at radius 2 is 1.94 bits per heavy atom. The SMILES string of the molecule is CCOC(=O)[C@@H]1CCc2sc(NC(=O)c3ccc(NC(=O)c4cn(C)nc4OC)cc3)nc21. The molecule has 4 rings (SSSR count). The zero-order valence-corrected chi connectivity index (χ0v) is 19.2. The van der Waals surface area contributed by atoms with Gasteiger partial charge in [-0.15, -0.1) is 16.4 Å². The van der Waals surface area contributed by atoms with Gasteiger partial charge < -0.3 is 14.8 Å². The molecule has 0 aliphatic heterocycles. The zero-order valence-electron chi connectivity index (χ0n) is 18.4. The number of rotatable bonds is 7. The molecule has 0 bridgehead atoms. The number of carbonyl (C=O) groups is 3. The number of anilines is 2. The topological polar surface area (TPSA) is 124 Å². The molecule has 0 saturated carbocycles. The van der Waals surface area contributed by atoms with Gasteiger partial charge in [-0.2, -0.15) is 0 Å². The van der Waals surface area contributed by atoms with Gasteiger partial charge in [0.2, 0.25) is 5.88 Å². The van der Waals surface area contributed by atoms with E-state index in [2.05, 4.69) is 20.7 Å². The minimum absolute atomic E-state index is 0.228. The van der Waals surface area contributed by atoms with E-state index in [1.54, 1.807) is 44.4 Å². The number of hydrogen-bond donors (Lipinski definition) is 2. The summed E-state index contributed by atoms with van der Waals surface area (Å²) in [7, 11) is 3.14. The van der Waals surface area contributed by atoms with Crippen molar-refractivity contribution in [3.05, 3.63) is 52.2 Å². The van der Waals surface area contributed by atoms with Crippen LogP contribution in [0.5, 0.6) is 5.88 Å². The Kier molecular flexibility index (Phi) is 6.40. The van der Waals surface area contributed by atoms with E-state index in [1.807, 2.05) is 0 Å². The lowest BCUT2D eigenvalue weighted by Crippen LogP contribution is -2.15. The van der Waals surface area contributed by atoms with Gasteiger partial charge in [0.15, 0.2) is 5.13 Å². The Morgan fingerprint density at radius 1 is 1.18 bits per heavy atom. The second kappa shape index (κ2) is 9.41. The first kappa shape index (κ1) is 22.5. The number of carbonyl (C=O) groups excluding carboxylic acids is 3. The highest BCUT2D eigenvalue weighted by molar-refractivity contribution is 7.16. The molecule has 0 spiro atoms. The van der Waals surface area contributed by atoms with Crippen molar-refractivity contribution in [2.75, 3.05) is 24.4 Å². The second-order valence-corrected chi connectivity index (χ2v) is 8.47. The molecule has 2 amide bonds. The van der Waals surface area contributed by atoms with Crippen LogP contribution in [0.3, 0.4) is 0 Å². The summed E-state index contributed by atoms with van der Waals surface area (Å²) in [5.41, 5.74) is 1.93. The van der Waals surface area contributed by atoms with Crippen molar-refractivity contribution in [3.8, 4) is 5.88 Å². The first-order valence-electron chi connectivity index (χ1n) is 10.4. The third kappa shape index (κ3) is 4.72. The Labute approximate surface area is 193 Å². The molecule has 2 aromatic heterocycles. The number of thiazole rings is 1. The average Bonchev–Trinajstić information content (AvgIpc) is 3.48. The van der Waals surface area contributed by atoms with Gasteiger partial charge in [0.05, 0.1) is 19.4 Å². The van der Waals surface area contributed by atoms with Crippen LogP contribution in [0, 0.1) is 0 Å². The second-order valence-electron chi connectivity index (χ2n) is 7.38. The molecule has 1 atom stereocenters. The fourth-order valence-electron chi connectivity index (χ4n) is 3.60. The highest BCUT2D eigenvalue weighted by atomic mass is 32.1. The highest BCUT2D eigenvalue weighted by Crippen LogP contribution is 2.39. The lowest BCUT2D eigenvalue weighted by atomic mass is 10.1. The van der Waals surface area contributed by atoms with Crippen LogP contribution in [-0.4, -0.2) is 46.3 Å². The van der Waals surface area contributed by atoms with E-state index in [1.165, 1.54) is 23.1 Å². The van der Waals surface area contributed by atoms with E-state index in [-0.39, 0.29) is 29.6 Å². The maximum Gasteiger partial charge on any atom is 0.315 e. The molecule has 1 aliphatic carbocycles. The summed E-state index contributed by atoms with van der Waals surface area (Å²) in [6.07, 6.45) is 2.98. The summed E-state index contributed by atoms with van der Waals surface area (Å²) in [6, 6.07) is 6.48. The number of esters is 1. The molecule has 172 valence electrons. The Hall–Kier alpha value is -3.73. The van der Waals surface area contributed by atoms with Crippen molar-refractivity contribution in [3.63, 3.8) is 0 Å². The van der Waals surface area contributed by atoms with E-state index in [4.69, 9.17) is 9.47 Å². The molecule has 0 saturated heterocycles. The van der Waals surface area contributed by atoms with Crippen LogP contribution in [0.1, 0.15) is 50.5 Å². The third-order valence-electron chi connectivity index (χ3n) is 5.15. The number of nitrogens with one attached hydrogen (secondary N) is 2. The van der Waals surface area contributed by atoms with Crippen LogP contribution in [0.15, 0.2) is 30.5 Å². The van der Waals surface area contributed by atoms with Crippen molar-refractivity contribution in [2.45, 2.75) is 25.7 Å². The smallest absolute Gasteiger partial charge is 0.315 e. The number of methoxy groups -OCH3 is 1. The number of amides is 2. The number of fused-ring (bicyclic) bond motifs is 1. The first-order valence-corrected chi connectivity index (χ1v) is 11.2. The molecular formula is C22H23N5O5S. The van der Waals surface area contributed by atoms with E-state index in [0.717, 1.165) is 11.3 Å². The van der Waals surface area contributed by atoms with E-state index < -0.39 is 0 Å². The zero-order chi connectivity index (χ0) is 23.5. The van der Waals surface area contributed by atoms with Crippen molar-refractivity contribution in [1.82, 2.24) is 14.8 Å². The average molecular weight is 470 g/mol. The third-order valence-corrected chi connectivity index (χ3v) is 6.19. The fraction of sp³-hybridized carbons (Fsp3) is 0.318. The van der Waals surface area contributed by atoms with Gasteiger partial charge in [-0.1, -0.05) is 0 Å². The van der Waals surface area contributed by atoms with E-state index in [9.17, 15) is 14.4 Å². The summed E-state index contributed by atoms with van der Waals surface area (Å²) in [5.74, 6) is -1.12. The Morgan fingerprint density at radius 3 is 2.64 bits per heavy atom. The van der Waals surface area contributed by atoms with Crippen LogP contribution in [0.25, 0.3) is 0 Å². The molecule has 1 aliphatic rings. The van der Waals surface area contributed by atoms with Gasteiger partial charge in [0, 0.05) is 29.4 Å². The van der Waals surface area contributed by atoms with Crippen molar-refractivity contribution in [2.24, 2.45) is 7.05 Å². The van der Waals surface area contributed by atoms with Crippen molar-refractivity contribution < 1.29 is 23.9 Å². The molecule has 11 heteroatoms. The summed E-state index contributed by atoms with van der Waals surface area (Å²) >= 11 is 1.37. The number of ether oxygens (including phenoxy) is 2. The van der Waals surface area contributed by atoms with Gasteiger partial charge in [-0.25, -0.2) is 4.98 Å². The lowest BCUT2D eigenvalue weighted by Gasteiger charge is -2.08. The molecule has 1 aromatic carbocycles. The summed E-state index contributed by atoms with van der Waals surface area (Å²) in [4.78, 5) is 42.7. The predicted octanol–water partition coefficient (Wildman–Crippen LogP) is 2.98. The highest BCUT2D eigenvalue weighted by Gasteiger charge is 2.33. The number of hydrogen-bond acceptors (Lipinski definition) is 8. The molecular weight excluding hydrogens is 446 g/mol. The van der Waals surface area contributed by atoms with Crippen LogP contribution in [0.2, 0.25) is 0 Å². The minimum atomic E-state index is -0.372. The molecule has 10 nitrogen and oxygen atoms in total. The Balaban J connectivity index is 1.40. The van der Waals surface area contributed by atoms with E-state index >= 15 is 0 Å². The predicted molar refractivity (Wildman–Crippen MR) is 122 cm³/mol. The fourth-order valence-corrected chi connectivity index (χ4v) is 4.63. The van der Waals surface area contributed by atoms with Gasteiger partial charge in [-0.3, -0.25) is 24.4 Å².